The van der Waals surface area contributed by atoms with E-state index in [4.69, 9.17) is 14.2 Å². The number of aliphatic hydroxyl groups excluding tert-OH is 1. The highest BCUT2D eigenvalue weighted by Gasteiger charge is 2.35. The molecule has 1 rings (SSSR count). The van der Waals surface area contributed by atoms with E-state index in [0.29, 0.717) is 25.0 Å². The third-order valence-electron chi connectivity index (χ3n) is 7.68. The Kier molecular flexibility index (Phi) is 27.3. The number of aliphatic hydroxyl groups is 1. The Hall–Kier alpha value is -2.44. The quantitative estimate of drug-likeness (QED) is 0.0369. The standard InChI is InChI=1S/C39H64O6/c1-3-5-7-8-9-10-13-17-20-23-27-31-38(41)43-33-35(40)34-44-39(42)32-28-24-21-18-15-12-11-14-16-19-22-26-30-37-36(45-37)29-25-6-4-2/h6,12,14-16,21-22,24-26,35-37,40H,3-5,7-11,13,17-20,23,27-34H2,1-2H3/b15-12-,16-14-,24-21-,25-6-,26-22-/t35-,36?,37?/m1/s1. The molecule has 6 heteroatoms. The summed E-state index contributed by atoms with van der Waals surface area (Å²) in [6.07, 6.45) is 41.8. The van der Waals surface area contributed by atoms with Crippen LogP contribution in [0.5, 0.6) is 0 Å². The van der Waals surface area contributed by atoms with Crippen molar-refractivity contribution in [1.29, 1.82) is 0 Å². The zero-order chi connectivity index (χ0) is 32.6. The summed E-state index contributed by atoms with van der Waals surface area (Å²) < 4.78 is 15.9. The number of ether oxygens (including phenoxy) is 3. The maximum atomic E-state index is 11.9. The van der Waals surface area contributed by atoms with Crippen LogP contribution < -0.4 is 0 Å². The molecule has 45 heavy (non-hydrogen) atoms. The van der Waals surface area contributed by atoms with E-state index in [2.05, 4.69) is 62.5 Å². The number of allylic oxidation sites excluding steroid dienone is 8. The number of carbonyl (C=O) groups excluding carboxylic acids is 2. The Morgan fingerprint density at radius 2 is 1.04 bits per heavy atom. The van der Waals surface area contributed by atoms with Gasteiger partial charge in [0.05, 0.1) is 12.2 Å². The Morgan fingerprint density at radius 3 is 1.58 bits per heavy atom. The number of unbranched alkanes of at least 4 members (excludes halogenated alkanes) is 10. The predicted molar refractivity (Wildman–Crippen MR) is 186 cm³/mol. The van der Waals surface area contributed by atoms with Gasteiger partial charge in [0.2, 0.25) is 0 Å². The first kappa shape index (κ1) is 40.6. The van der Waals surface area contributed by atoms with Crippen LogP contribution in [0.25, 0.3) is 0 Å². The molecule has 1 fully saturated rings. The molecule has 0 aromatic rings. The minimum absolute atomic E-state index is 0.143. The number of epoxide rings is 1. The molecule has 0 amide bonds. The lowest BCUT2D eigenvalue weighted by atomic mass is 10.1. The Bertz CT molecular complexity index is 871. The fraction of sp³-hybridized carbons (Fsp3) is 0.692. The second-order valence-electron chi connectivity index (χ2n) is 12.0. The molecule has 1 saturated heterocycles. The van der Waals surface area contributed by atoms with Crippen LogP contribution in [0.1, 0.15) is 142 Å². The van der Waals surface area contributed by atoms with Crippen molar-refractivity contribution in [1.82, 2.24) is 0 Å². The monoisotopic (exact) mass is 628 g/mol. The van der Waals surface area contributed by atoms with Crippen LogP contribution in [0.2, 0.25) is 0 Å². The van der Waals surface area contributed by atoms with Crippen molar-refractivity contribution in [3.05, 3.63) is 60.8 Å². The van der Waals surface area contributed by atoms with E-state index in [1.165, 1.54) is 51.4 Å². The van der Waals surface area contributed by atoms with Gasteiger partial charge in [-0.05, 0) is 51.4 Å². The third-order valence-corrected chi connectivity index (χ3v) is 7.68. The highest BCUT2D eigenvalue weighted by atomic mass is 16.6. The largest absolute Gasteiger partial charge is 0.463 e. The first-order chi connectivity index (χ1) is 22.1. The molecule has 0 aromatic heterocycles. The van der Waals surface area contributed by atoms with Crippen LogP contribution in [-0.4, -0.2) is 48.6 Å². The summed E-state index contributed by atoms with van der Waals surface area (Å²) >= 11 is 0. The second-order valence-corrected chi connectivity index (χ2v) is 12.0. The molecule has 1 N–H and O–H groups in total. The first-order valence-electron chi connectivity index (χ1n) is 18.0. The average molecular weight is 629 g/mol. The van der Waals surface area contributed by atoms with E-state index in [1.54, 1.807) is 0 Å². The van der Waals surface area contributed by atoms with Gasteiger partial charge in [0.15, 0.2) is 0 Å². The van der Waals surface area contributed by atoms with Crippen LogP contribution in [0.4, 0.5) is 0 Å². The van der Waals surface area contributed by atoms with E-state index in [0.717, 1.165) is 57.8 Å². The SMILES string of the molecule is CC/C=C\CC1OC1C/C=C\C/C=C\C/C=C\C/C=C\CCC(=O)OC[C@H](O)COC(=O)CCCCCCCCCCCCC. The molecular weight excluding hydrogens is 564 g/mol. The number of hydrogen-bond acceptors (Lipinski definition) is 6. The Labute approximate surface area is 275 Å². The lowest BCUT2D eigenvalue weighted by Gasteiger charge is -2.12. The molecule has 6 nitrogen and oxygen atoms in total. The molecule has 0 spiro atoms. The molecule has 0 aliphatic carbocycles. The van der Waals surface area contributed by atoms with Crippen LogP contribution in [-0.2, 0) is 23.8 Å². The zero-order valence-corrected chi connectivity index (χ0v) is 28.6. The van der Waals surface area contributed by atoms with Crippen LogP contribution >= 0.6 is 0 Å². The molecule has 0 radical (unpaired) electrons. The van der Waals surface area contributed by atoms with Crippen molar-refractivity contribution in [2.45, 2.75) is 161 Å². The van der Waals surface area contributed by atoms with E-state index in [1.807, 2.05) is 12.2 Å². The van der Waals surface area contributed by atoms with Crippen molar-refractivity contribution in [2.24, 2.45) is 0 Å². The van der Waals surface area contributed by atoms with Gasteiger partial charge in [-0.25, -0.2) is 0 Å². The summed E-state index contributed by atoms with van der Waals surface area (Å²) in [4.78, 5) is 23.8. The van der Waals surface area contributed by atoms with Crippen molar-refractivity contribution >= 4 is 11.9 Å². The van der Waals surface area contributed by atoms with E-state index in [9.17, 15) is 14.7 Å². The Morgan fingerprint density at radius 1 is 0.600 bits per heavy atom. The molecule has 1 aliphatic rings. The molecule has 1 aliphatic heterocycles. The summed E-state index contributed by atoms with van der Waals surface area (Å²) in [6, 6.07) is 0. The molecule has 0 bridgehead atoms. The van der Waals surface area contributed by atoms with Gasteiger partial charge in [0.1, 0.15) is 19.3 Å². The molecule has 0 aromatic carbocycles. The maximum Gasteiger partial charge on any atom is 0.306 e. The highest BCUT2D eigenvalue weighted by Crippen LogP contribution is 2.29. The zero-order valence-electron chi connectivity index (χ0n) is 28.6. The maximum absolute atomic E-state index is 11.9. The molecule has 3 atom stereocenters. The molecule has 256 valence electrons. The van der Waals surface area contributed by atoms with Gasteiger partial charge in [-0.2, -0.15) is 0 Å². The van der Waals surface area contributed by atoms with Gasteiger partial charge in [0, 0.05) is 12.8 Å². The van der Waals surface area contributed by atoms with Gasteiger partial charge < -0.3 is 19.3 Å². The topological polar surface area (TPSA) is 85.4 Å². The van der Waals surface area contributed by atoms with Gasteiger partial charge in [-0.3, -0.25) is 9.59 Å². The lowest BCUT2D eigenvalue weighted by molar-refractivity contribution is -0.152. The van der Waals surface area contributed by atoms with Gasteiger partial charge in [-0.1, -0.05) is 139 Å². The molecule has 2 unspecified atom stereocenters. The van der Waals surface area contributed by atoms with E-state index in [-0.39, 0.29) is 31.6 Å². The predicted octanol–water partition coefficient (Wildman–Crippen LogP) is 9.82. The summed E-state index contributed by atoms with van der Waals surface area (Å²) in [5.41, 5.74) is 0. The fourth-order valence-corrected chi connectivity index (χ4v) is 4.86. The minimum Gasteiger partial charge on any atom is -0.463 e. The van der Waals surface area contributed by atoms with Crippen LogP contribution in [0, 0.1) is 0 Å². The van der Waals surface area contributed by atoms with E-state index >= 15 is 0 Å². The van der Waals surface area contributed by atoms with Crippen molar-refractivity contribution in [3.8, 4) is 0 Å². The number of carbonyl (C=O) groups is 2. The Balaban J connectivity index is 1.90. The molecular formula is C39H64O6. The number of hydrogen-bond donors (Lipinski definition) is 1. The smallest absolute Gasteiger partial charge is 0.306 e. The lowest BCUT2D eigenvalue weighted by Crippen LogP contribution is -2.25. The molecule has 0 saturated carbocycles. The molecule has 1 heterocycles. The third kappa shape index (κ3) is 27.6. The first-order valence-corrected chi connectivity index (χ1v) is 18.0. The van der Waals surface area contributed by atoms with Gasteiger partial charge in [0.25, 0.3) is 0 Å². The summed E-state index contributed by atoms with van der Waals surface area (Å²) in [5, 5.41) is 9.96. The summed E-state index contributed by atoms with van der Waals surface area (Å²) in [6.45, 7) is 4.09. The second kappa shape index (κ2) is 30.2. The fourth-order valence-electron chi connectivity index (χ4n) is 4.86. The van der Waals surface area contributed by atoms with Gasteiger partial charge >= 0.3 is 11.9 Å². The number of esters is 2. The average Bonchev–Trinajstić information content (AvgIpc) is 3.79. The van der Waals surface area contributed by atoms with Crippen LogP contribution in [0.3, 0.4) is 0 Å². The van der Waals surface area contributed by atoms with Crippen LogP contribution in [0.15, 0.2) is 60.8 Å². The van der Waals surface area contributed by atoms with Crippen molar-refractivity contribution < 1.29 is 28.9 Å². The normalized spacial score (nSPS) is 17.4. The van der Waals surface area contributed by atoms with Gasteiger partial charge in [-0.15, -0.1) is 0 Å². The van der Waals surface area contributed by atoms with Crippen molar-refractivity contribution in [3.63, 3.8) is 0 Å². The number of rotatable bonds is 30. The highest BCUT2D eigenvalue weighted by molar-refractivity contribution is 5.70. The minimum atomic E-state index is -0.996. The summed E-state index contributed by atoms with van der Waals surface area (Å²) in [5.74, 6) is -0.669. The van der Waals surface area contributed by atoms with Crippen molar-refractivity contribution in [2.75, 3.05) is 13.2 Å². The van der Waals surface area contributed by atoms with E-state index < -0.39 is 6.10 Å². The summed E-state index contributed by atoms with van der Waals surface area (Å²) in [7, 11) is 0.